The molecule has 1 saturated heterocycles. The van der Waals surface area contributed by atoms with Crippen molar-refractivity contribution < 1.29 is 13.2 Å². The molecule has 1 atom stereocenters. The molecule has 1 rings (SSSR count). The van der Waals surface area contributed by atoms with Crippen LogP contribution in [0, 0.1) is 0 Å². The van der Waals surface area contributed by atoms with Crippen LogP contribution >= 0.6 is 15.9 Å². The van der Waals surface area contributed by atoms with Crippen molar-refractivity contribution in [3.63, 3.8) is 0 Å². The summed E-state index contributed by atoms with van der Waals surface area (Å²) in [5.74, 6) is 0.0854. The molecular weight excluding hydrogens is 270 g/mol. The molecule has 0 aliphatic carbocycles. The number of hydrogen-bond donors (Lipinski definition) is 1. The Morgan fingerprint density at radius 3 is 2.43 bits per heavy atom. The summed E-state index contributed by atoms with van der Waals surface area (Å²) in [5, 5.41) is 2.71. The molecule has 4 nitrogen and oxygen atoms in total. The summed E-state index contributed by atoms with van der Waals surface area (Å²) in [4.78, 5) is 11.5. The third-order valence-corrected chi connectivity index (χ3v) is 4.24. The van der Waals surface area contributed by atoms with Gasteiger partial charge in [0.15, 0.2) is 9.84 Å². The average molecular weight is 284 g/mol. The molecule has 14 heavy (non-hydrogen) atoms. The molecule has 1 aliphatic heterocycles. The highest BCUT2D eigenvalue weighted by atomic mass is 79.9. The van der Waals surface area contributed by atoms with Gasteiger partial charge in [-0.2, -0.15) is 0 Å². The van der Waals surface area contributed by atoms with E-state index in [-0.39, 0.29) is 23.5 Å². The molecule has 82 valence electrons. The topological polar surface area (TPSA) is 63.2 Å². The number of nitrogens with one attached hydrogen (secondary N) is 1. The largest absolute Gasteiger partial charge is 0.351 e. The molecule has 1 N–H and O–H groups in total. The van der Waals surface area contributed by atoms with E-state index in [2.05, 4.69) is 21.2 Å². The number of halogens is 1. The summed E-state index contributed by atoms with van der Waals surface area (Å²) >= 11 is 3.22. The number of carbonyl (C=O) groups excluding carboxylic acids is 1. The number of hydrogen-bond acceptors (Lipinski definition) is 3. The first kappa shape index (κ1) is 12.0. The Bertz CT molecular complexity index is 331. The fraction of sp³-hybridized carbons (Fsp3) is 0.875. The van der Waals surface area contributed by atoms with Gasteiger partial charge < -0.3 is 5.32 Å². The maximum Gasteiger partial charge on any atom is 0.236 e. The second-order valence-corrected chi connectivity index (χ2v) is 8.26. The van der Waals surface area contributed by atoms with Crippen LogP contribution in [0.3, 0.4) is 0 Å². The Morgan fingerprint density at radius 2 is 2.07 bits per heavy atom. The average Bonchev–Trinajstić information content (AvgIpc) is 2.28. The summed E-state index contributed by atoms with van der Waals surface area (Å²) < 4.78 is 21.6. The highest BCUT2D eigenvalue weighted by molar-refractivity contribution is 9.10. The van der Waals surface area contributed by atoms with Crippen molar-refractivity contribution >= 4 is 31.7 Å². The van der Waals surface area contributed by atoms with E-state index in [1.165, 1.54) is 0 Å². The van der Waals surface area contributed by atoms with Crippen molar-refractivity contribution in [1.82, 2.24) is 5.32 Å². The predicted molar refractivity (Wildman–Crippen MR) is 58.2 cm³/mol. The molecular formula is C8H14BrNO3S. The minimum atomic E-state index is -2.92. The first-order valence-electron chi connectivity index (χ1n) is 4.41. The quantitative estimate of drug-likeness (QED) is 0.749. The van der Waals surface area contributed by atoms with Crippen LogP contribution in [0.4, 0.5) is 0 Å². The summed E-state index contributed by atoms with van der Waals surface area (Å²) in [6, 6.07) is -0.218. The van der Waals surface area contributed by atoms with Gasteiger partial charge in [-0.3, -0.25) is 4.79 Å². The summed E-state index contributed by atoms with van der Waals surface area (Å²) in [6.45, 7) is 3.46. The van der Waals surface area contributed by atoms with Gasteiger partial charge in [0.2, 0.25) is 5.91 Å². The zero-order valence-corrected chi connectivity index (χ0v) is 10.6. The van der Waals surface area contributed by atoms with Gasteiger partial charge in [-0.1, -0.05) is 15.9 Å². The lowest BCUT2D eigenvalue weighted by Gasteiger charge is -2.19. The molecule has 6 heteroatoms. The molecule has 1 aliphatic rings. The first-order chi connectivity index (χ1) is 6.21. The maximum absolute atomic E-state index is 11.5. The standard InChI is InChI=1S/C8H14BrNO3S/c1-8(2,9)7(11)10-6-3-4-14(12,13)5-6/h6H,3-5H2,1-2H3,(H,10,11). The van der Waals surface area contributed by atoms with E-state index >= 15 is 0 Å². The van der Waals surface area contributed by atoms with Gasteiger partial charge in [0, 0.05) is 6.04 Å². The van der Waals surface area contributed by atoms with Crippen LogP contribution in [0.15, 0.2) is 0 Å². The highest BCUT2D eigenvalue weighted by Gasteiger charge is 2.32. The van der Waals surface area contributed by atoms with Gasteiger partial charge >= 0.3 is 0 Å². The van der Waals surface area contributed by atoms with E-state index in [0.29, 0.717) is 6.42 Å². The maximum atomic E-state index is 11.5. The van der Waals surface area contributed by atoms with Crippen LogP contribution in [0.1, 0.15) is 20.3 Å². The number of carbonyl (C=O) groups is 1. The number of rotatable bonds is 2. The van der Waals surface area contributed by atoms with Crippen LogP contribution in [0.25, 0.3) is 0 Å². The van der Waals surface area contributed by atoms with Crippen molar-refractivity contribution in [1.29, 1.82) is 0 Å². The second kappa shape index (κ2) is 3.81. The van der Waals surface area contributed by atoms with Gasteiger partial charge in [0.05, 0.1) is 15.8 Å². The highest BCUT2D eigenvalue weighted by Crippen LogP contribution is 2.18. The molecule has 0 aromatic rings. The molecule has 0 bridgehead atoms. The monoisotopic (exact) mass is 283 g/mol. The Kier molecular flexibility index (Phi) is 3.26. The molecule has 0 radical (unpaired) electrons. The van der Waals surface area contributed by atoms with Crippen molar-refractivity contribution in [3.8, 4) is 0 Å². The molecule has 0 aromatic carbocycles. The number of amides is 1. The molecule has 0 spiro atoms. The van der Waals surface area contributed by atoms with E-state index in [9.17, 15) is 13.2 Å². The van der Waals surface area contributed by atoms with Gasteiger partial charge in [0.1, 0.15) is 0 Å². The van der Waals surface area contributed by atoms with Gasteiger partial charge in [-0.05, 0) is 20.3 Å². The van der Waals surface area contributed by atoms with E-state index in [0.717, 1.165) is 0 Å². The van der Waals surface area contributed by atoms with E-state index in [4.69, 9.17) is 0 Å². The SMILES string of the molecule is CC(C)(Br)C(=O)NC1CCS(=O)(=O)C1. The molecule has 1 fully saturated rings. The van der Waals surface area contributed by atoms with Gasteiger partial charge in [-0.15, -0.1) is 0 Å². The second-order valence-electron chi connectivity index (χ2n) is 4.05. The normalized spacial score (nSPS) is 26.1. The third-order valence-electron chi connectivity index (χ3n) is 2.11. The Hall–Kier alpha value is -0.100. The van der Waals surface area contributed by atoms with Crippen LogP contribution in [-0.4, -0.2) is 36.2 Å². The summed E-state index contributed by atoms with van der Waals surface area (Å²) in [7, 11) is -2.92. The fourth-order valence-corrected chi connectivity index (χ4v) is 3.05. The third kappa shape index (κ3) is 3.24. The van der Waals surface area contributed by atoms with Gasteiger partial charge in [0.25, 0.3) is 0 Å². The van der Waals surface area contributed by atoms with E-state index in [1.807, 2.05) is 0 Å². The Balaban J connectivity index is 2.53. The molecule has 1 amide bonds. The fourth-order valence-electron chi connectivity index (χ4n) is 1.27. The zero-order valence-electron chi connectivity index (χ0n) is 8.21. The lowest BCUT2D eigenvalue weighted by molar-refractivity contribution is -0.123. The van der Waals surface area contributed by atoms with E-state index < -0.39 is 14.2 Å². The molecule has 0 aromatic heterocycles. The van der Waals surface area contributed by atoms with Crippen molar-refractivity contribution in [2.75, 3.05) is 11.5 Å². The lowest BCUT2D eigenvalue weighted by atomic mass is 10.2. The van der Waals surface area contributed by atoms with Crippen molar-refractivity contribution in [3.05, 3.63) is 0 Å². The Labute approximate surface area is 92.5 Å². The molecule has 1 unspecified atom stereocenters. The van der Waals surface area contributed by atoms with Crippen molar-refractivity contribution in [2.24, 2.45) is 0 Å². The van der Waals surface area contributed by atoms with Gasteiger partial charge in [-0.25, -0.2) is 8.42 Å². The summed E-state index contributed by atoms with van der Waals surface area (Å²) in [6.07, 6.45) is 0.525. The minimum absolute atomic E-state index is 0.0713. The summed E-state index contributed by atoms with van der Waals surface area (Å²) in [5.41, 5.74) is 0. The zero-order chi connectivity index (χ0) is 11.0. The van der Waals surface area contributed by atoms with E-state index in [1.54, 1.807) is 13.8 Å². The van der Waals surface area contributed by atoms with Crippen LogP contribution < -0.4 is 5.32 Å². The minimum Gasteiger partial charge on any atom is -0.351 e. The Morgan fingerprint density at radius 1 is 1.50 bits per heavy atom. The number of sulfone groups is 1. The van der Waals surface area contributed by atoms with Crippen LogP contribution in [-0.2, 0) is 14.6 Å². The predicted octanol–water partition coefficient (Wildman–Crippen LogP) is 0.463. The molecule has 0 saturated carbocycles. The molecule has 1 heterocycles. The van der Waals surface area contributed by atoms with Crippen molar-refractivity contribution in [2.45, 2.75) is 30.6 Å². The lowest BCUT2D eigenvalue weighted by Crippen LogP contribution is -2.44. The number of alkyl halides is 1. The van der Waals surface area contributed by atoms with Crippen LogP contribution in [0.5, 0.6) is 0 Å². The first-order valence-corrected chi connectivity index (χ1v) is 7.02. The van der Waals surface area contributed by atoms with Crippen LogP contribution in [0.2, 0.25) is 0 Å². The smallest absolute Gasteiger partial charge is 0.236 e.